The summed E-state index contributed by atoms with van der Waals surface area (Å²) in [6.45, 7) is 4.38. The molecule has 1 aromatic heterocycles. The quantitative estimate of drug-likeness (QED) is 0.271. The first kappa shape index (κ1) is 23.1. The van der Waals surface area contributed by atoms with Crippen LogP contribution in [-0.4, -0.2) is 39.1 Å². The van der Waals surface area contributed by atoms with Crippen LogP contribution in [0.25, 0.3) is 16.5 Å². The van der Waals surface area contributed by atoms with E-state index in [9.17, 15) is 0 Å². The van der Waals surface area contributed by atoms with E-state index in [1.54, 1.807) is 16.4 Å². The lowest BCUT2D eigenvalue weighted by Gasteiger charge is -2.14. The fourth-order valence-corrected chi connectivity index (χ4v) is 4.19. The minimum Gasteiger partial charge on any atom is -0.494 e. The molecule has 0 aliphatic rings. The van der Waals surface area contributed by atoms with Gasteiger partial charge in [-0.2, -0.15) is 4.68 Å². The number of rotatable bonds is 10. The van der Waals surface area contributed by atoms with E-state index in [4.69, 9.17) is 4.74 Å². The summed E-state index contributed by atoms with van der Waals surface area (Å²) < 4.78 is 7.64. The molecule has 0 bridgehead atoms. The van der Waals surface area contributed by atoms with Crippen LogP contribution in [0, 0.1) is 0 Å². The predicted octanol–water partition coefficient (Wildman–Crippen LogP) is 4.91. The van der Waals surface area contributed by atoms with E-state index in [1.165, 1.54) is 16.3 Å². The van der Waals surface area contributed by atoms with Gasteiger partial charge >= 0.3 is 0 Å². The normalized spacial score (nSPS) is 10.7. The lowest BCUT2D eigenvalue weighted by atomic mass is 10.0. The number of halogens is 1. The van der Waals surface area contributed by atoms with Crippen molar-refractivity contribution in [2.45, 2.75) is 25.0 Å². The van der Waals surface area contributed by atoms with Crippen LogP contribution < -0.4 is 10.1 Å². The second-order valence-electron chi connectivity index (χ2n) is 6.78. The summed E-state index contributed by atoms with van der Waals surface area (Å²) in [6, 6.07) is 22.6. The van der Waals surface area contributed by atoms with E-state index in [0.717, 1.165) is 41.9 Å². The Morgan fingerprint density at radius 1 is 1.00 bits per heavy atom. The molecule has 0 unspecified atom stereocenters. The lowest BCUT2D eigenvalue weighted by molar-refractivity contribution is 0.336. The van der Waals surface area contributed by atoms with Crippen LogP contribution in [0.3, 0.4) is 0 Å². The number of thioether (sulfide) groups is 1. The highest BCUT2D eigenvalue weighted by atomic mass is 35.5. The zero-order valence-corrected chi connectivity index (χ0v) is 19.0. The van der Waals surface area contributed by atoms with Crippen LogP contribution in [0.1, 0.15) is 18.9 Å². The van der Waals surface area contributed by atoms with Crippen molar-refractivity contribution in [3.63, 3.8) is 0 Å². The SMILES string of the molecule is CCOc1ccc2ccccc2c1CNCCCSc1nnnn1-c1ccccc1.Cl. The molecule has 31 heavy (non-hydrogen) atoms. The molecule has 0 saturated carbocycles. The van der Waals surface area contributed by atoms with Gasteiger partial charge in [-0.25, -0.2) is 0 Å². The first-order chi connectivity index (χ1) is 14.9. The fourth-order valence-electron chi connectivity index (χ4n) is 3.36. The third kappa shape index (κ3) is 5.76. The molecule has 0 atom stereocenters. The summed E-state index contributed by atoms with van der Waals surface area (Å²) >= 11 is 1.67. The highest BCUT2D eigenvalue weighted by Crippen LogP contribution is 2.28. The number of fused-ring (bicyclic) bond motifs is 1. The van der Waals surface area contributed by atoms with Crippen molar-refractivity contribution >= 4 is 34.9 Å². The second kappa shape index (κ2) is 11.7. The summed E-state index contributed by atoms with van der Waals surface area (Å²) in [5.74, 6) is 1.90. The topological polar surface area (TPSA) is 64.9 Å². The molecule has 1 heterocycles. The van der Waals surface area contributed by atoms with Gasteiger partial charge in [-0.05, 0) is 59.3 Å². The maximum absolute atomic E-state index is 5.86. The van der Waals surface area contributed by atoms with Crippen molar-refractivity contribution in [3.8, 4) is 11.4 Å². The zero-order chi connectivity index (χ0) is 20.6. The van der Waals surface area contributed by atoms with E-state index in [1.807, 2.05) is 37.3 Å². The van der Waals surface area contributed by atoms with Crippen molar-refractivity contribution in [2.24, 2.45) is 0 Å². The summed E-state index contributed by atoms with van der Waals surface area (Å²) in [5.41, 5.74) is 2.19. The van der Waals surface area contributed by atoms with Crippen molar-refractivity contribution < 1.29 is 4.74 Å². The summed E-state index contributed by atoms with van der Waals surface area (Å²) in [4.78, 5) is 0. The molecule has 0 spiro atoms. The average molecular weight is 456 g/mol. The maximum atomic E-state index is 5.86. The molecule has 6 nitrogen and oxygen atoms in total. The van der Waals surface area contributed by atoms with Gasteiger partial charge in [-0.3, -0.25) is 0 Å². The molecule has 0 aliphatic carbocycles. The number of tetrazole rings is 1. The van der Waals surface area contributed by atoms with Crippen molar-refractivity contribution in [1.29, 1.82) is 0 Å². The zero-order valence-electron chi connectivity index (χ0n) is 17.4. The Morgan fingerprint density at radius 3 is 2.65 bits per heavy atom. The van der Waals surface area contributed by atoms with E-state index < -0.39 is 0 Å². The molecule has 3 aromatic carbocycles. The van der Waals surface area contributed by atoms with Gasteiger partial charge in [0.15, 0.2) is 0 Å². The van der Waals surface area contributed by atoms with Gasteiger partial charge in [0, 0.05) is 17.9 Å². The molecule has 0 radical (unpaired) electrons. The van der Waals surface area contributed by atoms with Crippen molar-refractivity contribution in [3.05, 3.63) is 72.3 Å². The number of hydrogen-bond donors (Lipinski definition) is 1. The lowest BCUT2D eigenvalue weighted by Crippen LogP contribution is -2.16. The predicted molar refractivity (Wildman–Crippen MR) is 129 cm³/mol. The molecule has 4 aromatic rings. The molecule has 0 fully saturated rings. The number of nitrogens with zero attached hydrogens (tertiary/aromatic N) is 4. The third-order valence-electron chi connectivity index (χ3n) is 4.77. The fraction of sp³-hybridized carbons (Fsp3) is 0.261. The van der Waals surface area contributed by atoms with Crippen LogP contribution in [-0.2, 0) is 6.54 Å². The molecule has 0 saturated heterocycles. The van der Waals surface area contributed by atoms with Crippen LogP contribution in [0.5, 0.6) is 5.75 Å². The van der Waals surface area contributed by atoms with E-state index in [2.05, 4.69) is 57.2 Å². The Bertz CT molecular complexity index is 1090. The molecule has 0 amide bonds. The van der Waals surface area contributed by atoms with Crippen LogP contribution in [0.15, 0.2) is 71.9 Å². The van der Waals surface area contributed by atoms with E-state index in [0.29, 0.717) is 6.61 Å². The highest BCUT2D eigenvalue weighted by molar-refractivity contribution is 7.99. The largest absolute Gasteiger partial charge is 0.494 e. The van der Waals surface area contributed by atoms with Gasteiger partial charge in [0.05, 0.1) is 12.3 Å². The van der Waals surface area contributed by atoms with Crippen LogP contribution in [0.4, 0.5) is 0 Å². The number of nitrogens with one attached hydrogen (secondary N) is 1. The molecule has 8 heteroatoms. The Kier molecular flexibility index (Phi) is 8.70. The van der Waals surface area contributed by atoms with Gasteiger partial charge in [-0.1, -0.05) is 60.3 Å². The Morgan fingerprint density at radius 2 is 1.81 bits per heavy atom. The Labute approximate surface area is 192 Å². The van der Waals surface area contributed by atoms with Gasteiger partial charge < -0.3 is 10.1 Å². The number of hydrogen-bond acceptors (Lipinski definition) is 6. The third-order valence-corrected chi connectivity index (χ3v) is 5.78. The highest BCUT2D eigenvalue weighted by Gasteiger charge is 2.10. The van der Waals surface area contributed by atoms with Crippen LogP contribution in [0.2, 0.25) is 0 Å². The Hall–Kier alpha value is -2.61. The van der Waals surface area contributed by atoms with Gasteiger partial charge in [0.25, 0.3) is 0 Å². The first-order valence-corrected chi connectivity index (χ1v) is 11.2. The minimum atomic E-state index is 0. The first-order valence-electron chi connectivity index (χ1n) is 10.2. The van der Waals surface area contributed by atoms with E-state index in [-0.39, 0.29) is 12.4 Å². The molecule has 1 N–H and O–H groups in total. The molecule has 162 valence electrons. The van der Waals surface area contributed by atoms with Gasteiger partial charge in [-0.15, -0.1) is 17.5 Å². The molecular formula is C23H26ClN5OS. The van der Waals surface area contributed by atoms with Gasteiger partial charge in [0.1, 0.15) is 5.75 Å². The maximum Gasteiger partial charge on any atom is 0.214 e. The minimum absolute atomic E-state index is 0. The summed E-state index contributed by atoms with van der Waals surface area (Å²) in [6.07, 6.45) is 1.01. The smallest absolute Gasteiger partial charge is 0.214 e. The number of aromatic nitrogens is 4. The van der Waals surface area contributed by atoms with E-state index >= 15 is 0 Å². The Balaban J connectivity index is 0.00000272. The number of ether oxygens (including phenoxy) is 1. The van der Waals surface area contributed by atoms with Crippen LogP contribution >= 0.6 is 24.2 Å². The average Bonchev–Trinajstić information content (AvgIpc) is 3.26. The second-order valence-corrected chi connectivity index (χ2v) is 7.85. The molecule has 4 rings (SSSR count). The monoisotopic (exact) mass is 455 g/mol. The summed E-state index contributed by atoms with van der Waals surface area (Å²) in [5, 5.41) is 18.9. The standard InChI is InChI=1S/C23H25N5OS.ClH/c1-2-29-22-14-13-18-9-6-7-12-20(18)21(22)17-24-15-8-16-30-23-25-26-27-28(23)19-10-4-3-5-11-19;/h3-7,9-14,24H,2,8,15-17H2,1H3;1H. The van der Waals surface area contributed by atoms with Crippen molar-refractivity contribution in [2.75, 3.05) is 18.9 Å². The molecular weight excluding hydrogens is 430 g/mol. The van der Waals surface area contributed by atoms with Gasteiger partial charge in [0.2, 0.25) is 5.16 Å². The van der Waals surface area contributed by atoms with Crippen molar-refractivity contribution in [1.82, 2.24) is 25.5 Å². The molecule has 0 aliphatic heterocycles. The number of para-hydroxylation sites is 1. The number of benzene rings is 3. The summed E-state index contributed by atoms with van der Waals surface area (Å²) in [7, 11) is 0.